The van der Waals surface area contributed by atoms with Crippen molar-refractivity contribution in [3.63, 3.8) is 0 Å². The topological polar surface area (TPSA) is 75.9 Å². The first-order chi connectivity index (χ1) is 12.7. The van der Waals surface area contributed by atoms with E-state index in [0.717, 1.165) is 45.2 Å². The molecule has 0 spiro atoms. The molecule has 1 saturated heterocycles. The lowest BCUT2D eigenvalue weighted by atomic mass is 10.2. The fourth-order valence-electron chi connectivity index (χ4n) is 3.28. The SMILES string of the molecule is COCCCNC(=O)c1nc(C(=O)N2CCCCCC2)c2ccccn12. The van der Waals surface area contributed by atoms with E-state index in [1.165, 1.54) is 0 Å². The zero-order valence-electron chi connectivity index (χ0n) is 15.2. The Morgan fingerprint density at radius 2 is 1.96 bits per heavy atom. The van der Waals surface area contributed by atoms with Crippen LogP contribution in [-0.2, 0) is 4.74 Å². The predicted molar refractivity (Wildman–Crippen MR) is 98.4 cm³/mol. The number of aromatic nitrogens is 2. The second-order valence-corrected chi connectivity index (χ2v) is 6.55. The number of hydrogen-bond acceptors (Lipinski definition) is 4. The lowest BCUT2D eigenvalue weighted by Crippen LogP contribution is -2.32. The molecular formula is C19H26N4O3. The normalized spacial score (nSPS) is 15.0. The van der Waals surface area contributed by atoms with Crippen molar-refractivity contribution in [2.45, 2.75) is 32.1 Å². The van der Waals surface area contributed by atoms with Crippen molar-refractivity contribution >= 4 is 17.3 Å². The molecular weight excluding hydrogens is 332 g/mol. The summed E-state index contributed by atoms with van der Waals surface area (Å²) in [6, 6.07) is 5.52. The molecule has 1 fully saturated rings. The zero-order valence-corrected chi connectivity index (χ0v) is 15.2. The Bertz CT molecular complexity index is 763. The van der Waals surface area contributed by atoms with Gasteiger partial charge in [0.1, 0.15) is 0 Å². The van der Waals surface area contributed by atoms with Crippen LogP contribution in [0.25, 0.3) is 5.52 Å². The molecule has 0 unspecified atom stereocenters. The lowest BCUT2D eigenvalue weighted by molar-refractivity contribution is 0.0758. The van der Waals surface area contributed by atoms with Crippen LogP contribution in [0.1, 0.15) is 53.2 Å². The van der Waals surface area contributed by atoms with Gasteiger partial charge in [-0.3, -0.25) is 14.0 Å². The highest BCUT2D eigenvalue weighted by Gasteiger charge is 2.25. The van der Waals surface area contributed by atoms with Crippen molar-refractivity contribution < 1.29 is 14.3 Å². The van der Waals surface area contributed by atoms with Crippen LogP contribution in [0.4, 0.5) is 0 Å². The summed E-state index contributed by atoms with van der Waals surface area (Å²) in [6.45, 7) is 2.59. The summed E-state index contributed by atoms with van der Waals surface area (Å²) in [5.41, 5.74) is 1.03. The van der Waals surface area contributed by atoms with E-state index in [9.17, 15) is 9.59 Å². The van der Waals surface area contributed by atoms with Crippen LogP contribution in [0.3, 0.4) is 0 Å². The molecule has 0 bridgehead atoms. The van der Waals surface area contributed by atoms with E-state index in [1.807, 2.05) is 23.1 Å². The van der Waals surface area contributed by atoms with E-state index >= 15 is 0 Å². The van der Waals surface area contributed by atoms with Gasteiger partial charge in [-0.05, 0) is 31.4 Å². The highest BCUT2D eigenvalue weighted by atomic mass is 16.5. The largest absolute Gasteiger partial charge is 0.385 e. The van der Waals surface area contributed by atoms with Crippen LogP contribution in [0, 0.1) is 0 Å². The van der Waals surface area contributed by atoms with Gasteiger partial charge in [0.05, 0.1) is 5.52 Å². The molecule has 1 N–H and O–H groups in total. The maximum atomic E-state index is 13.0. The first kappa shape index (κ1) is 18.4. The molecule has 7 nitrogen and oxygen atoms in total. The molecule has 1 aliphatic rings. The van der Waals surface area contributed by atoms with Gasteiger partial charge in [-0.2, -0.15) is 0 Å². The fraction of sp³-hybridized carbons (Fsp3) is 0.526. The maximum Gasteiger partial charge on any atom is 0.287 e. The summed E-state index contributed by atoms with van der Waals surface area (Å²) >= 11 is 0. The van der Waals surface area contributed by atoms with E-state index in [-0.39, 0.29) is 17.6 Å². The Morgan fingerprint density at radius 3 is 2.69 bits per heavy atom. The molecule has 0 saturated carbocycles. The van der Waals surface area contributed by atoms with Gasteiger partial charge >= 0.3 is 0 Å². The number of likely N-dealkylation sites (tertiary alicyclic amines) is 1. The fourth-order valence-corrected chi connectivity index (χ4v) is 3.28. The molecule has 2 amide bonds. The van der Waals surface area contributed by atoms with Gasteiger partial charge in [-0.15, -0.1) is 0 Å². The highest BCUT2D eigenvalue weighted by molar-refractivity contribution is 6.02. The molecule has 0 aromatic carbocycles. The molecule has 26 heavy (non-hydrogen) atoms. The number of nitrogens with zero attached hydrogens (tertiary/aromatic N) is 3. The molecule has 140 valence electrons. The second-order valence-electron chi connectivity index (χ2n) is 6.55. The van der Waals surface area contributed by atoms with Crippen LogP contribution in [0.15, 0.2) is 24.4 Å². The molecule has 2 aromatic heterocycles. The van der Waals surface area contributed by atoms with Crippen molar-refractivity contribution in [1.82, 2.24) is 19.6 Å². The number of amides is 2. The zero-order chi connectivity index (χ0) is 18.4. The summed E-state index contributed by atoms with van der Waals surface area (Å²) in [7, 11) is 1.63. The van der Waals surface area contributed by atoms with Crippen LogP contribution in [0.5, 0.6) is 0 Å². The molecule has 2 aromatic rings. The van der Waals surface area contributed by atoms with Crippen molar-refractivity contribution in [2.75, 3.05) is 33.4 Å². The van der Waals surface area contributed by atoms with Gasteiger partial charge in [0.2, 0.25) is 5.82 Å². The maximum absolute atomic E-state index is 13.0. The Morgan fingerprint density at radius 1 is 1.19 bits per heavy atom. The Kier molecular flexibility index (Phi) is 6.22. The third-order valence-electron chi connectivity index (χ3n) is 4.66. The number of methoxy groups -OCH3 is 1. The van der Waals surface area contributed by atoms with Gasteiger partial charge in [0.25, 0.3) is 11.8 Å². The van der Waals surface area contributed by atoms with Crippen molar-refractivity contribution in [3.8, 4) is 0 Å². The van der Waals surface area contributed by atoms with Crippen molar-refractivity contribution in [2.24, 2.45) is 0 Å². The Hall–Kier alpha value is -2.41. The monoisotopic (exact) mass is 358 g/mol. The molecule has 0 radical (unpaired) electrons. The first-order valence-corrected chi connectivity index (χ1v) is 9.26. The van der Waals surface area contributed by atoms with Crippen LogP contribution in [0.2, 0.25) is 0 Å². The summed E-state index contributed by atoms with van der Waals surface area (Å²) in [4.78, 5) is 31.8. The number of rotatable bonds is 6. The molecule has 1 aliphatic heterocycles. The van der Waals surface area contributed by atoms with Crippen LogP contribution < -0.4 is 5.32 Å². The van der Waals surface area contributed by atoms with E-state index in [0.29, 0.717) is 24.4 Å². The molecule has 7 heteroatoms. The second kappa shape index (κ2) is 8.80. The van der Waals surface area contributed by atoms with Gasteiger partial charge < -0.3 is 15.0 Å². The summed E-state index contributed by atoms with van der Waals surface area (Å²) < 4.78 is 6.68. The summed E-state index contributed by atoms with van der Waals surface area (Å²) in [5, 5.41) is 2.84. The van der Waals surface area contributed by atoms with E-state index < -0.39 is 0 Å². The molecule has 0 aliphatic carbocycles. The quantitative estimate of drug-likeness (QED) is 0.803. The Labute approximate surface area is 153 Å². The minimum atomic E-state index is -0.280. The number of imidazole rings is 1. The molecule has 3 heterocycles. The number of fused-ring (bicyclic) bond motifs is 1. The van der Waals surface area contributed by atoms with E-state index in [2.05, 4.69) is 10.3 Å². The summed E-state index contributed by atoms with van der Waals surface area (Å²) in [6.07, 6.45) is 6.84. The minimum absolute atomic E-state index is 0.0889. The van der Waals surface area contributed by atoms with Gasteiger partial charge in [0.15, 0.2) is 5.69 Å². The van der Waals surface area contributed by atoms with Crippen LogP contribution >= 0.6 is 0 Å². The van der Waals surface area contributed by atoms with E-state index in [1.54, 1.807) is 17.7 Å². The van der Waals surface area contributed by atoms with Gasteiger partial charge in [-0.1, -0.05) is 18.9 Å². The summed E-state index contributed by atoms with van der Waals surface area (Å²) in [5.74, 6) is -0.123. The van der Waals surface area contributed by atoms with Crippen molar-refractivity contribution in [3.05, 3.63) is 35.9 Å². The number of hydrogen-bond donors (Lipinski definition) is 1. The average Bonchev–Trinajstić information content (AvgIpc) is 2.84. The number of pyridine rings is 1. The van der Waals surface area contributed by atoms with E-state index in [4.69, 9.17) is 4.74 Å². The highest BCUT2D eigenvalue weighted by Crippen LogP contribution is 2.18. The van der Waals surface area contributed by atoms with Crippen molar-refractivity contribution in [1.29, 1.82) is 0 Å². The number of carbonyl (C=O) groups excluding carboxylic acids is 2. The molecule has 3 rings (SSSR count). The third-order valence-corrected chi connectivity index (χ3v) is 4.66. The standard InChI is InChI=1S/C19H26N4O3/c1-26-14-8-10-20-18(24)17-21-16(15-9-4-7-13-23(15)17)19(25)22-11-5-2-3-6-12-22/h4,7,9,13H,2-3,5-6,8,10-12,14H2,1H3,(H,20,24). The predicted octanol–water partition coefficient (Wildman–Crippen LogP) is 2.12. The first-order valence-electron chi connectivity index (χ1n) is 9.26. The minimum Gasteiger partial charge on any atom is -0.385 e. The smallest absolute Gasteiger partial charge is 0.287 e. The third kappa shape index (κ3) is 4.04. The van der Waals surface area contributed by atoms with Gasteiger partial charge in [-0.25, -0.2) is 4.98 Å². The number of nitrogens with one attached hydrogen (secondary N) is 1. The number of ether oxygens (including phenoxy) is 1. The average molecular weight is 358 g/mol. The molecule has 0 atom stereocenters. The van der Waals surface area contributed by atoms with Gasteiger partial charge in [0, 0.05) is 39.5 Å². The lowest BCUT2D eigenvalue weighted by Gasteiger charge is -2.19. The number of carbonyl (C=O) groups is 2. The Balaban J connectivity index is 1.84. The van der Waals surface area contributed by atoms with Crippen LogP contribution in [-0.4, -0.2) is 59.4 Å².